The normalized spacial score (nSPS) is 20.9. The molecule has 3 fully saturated rings. The van der Waals surface area contributed by atoms with E-state index in [-0.39, 0.29) is 17.8 Å². The van der Waals surface area contributed by atoms with Crippen molar-refractivity contribution in [3.8, 4) is 0 Å². The highest BCUT2D eigenvalue weighted by molar-refractivity contribution is 5.96. The van der Waals surface area contributed by atoms with Gasteiger partial charge >= 0.3 is 6.03 Å². The lowest BCUT2D eigenvalue weighted by Gasteiger charge is -2.34. The van der Waals surface area contributed by atoms with E-state index < -0.39 is 5.91 Å². The van der Waals surface area contributed by atoms with E-state index in [0.29, 0.717) is 24.1 Å². The first kappa shape index (κ1) is 25.3. The number of likely N-dealkylation sites (tertiary alicyclic amines) is 1. The van der Waals surface area contributed by atoms with Crippen molar-refractivity contribution in [1.82, 2.24) is 25.1 Å². The van der Waals surface area contributed by atoms with Gasteiger partial charge in [-0.25, -0.2) is 14.8 Å². The minimum atomic E-state index is -0.629. The fraction of sp³-hybridized carbons (Fsp3) is 0.556. The molecule has 0 bridgehead atoms. The number of benzene rings is 1. The molecular weight excluding hydrogens is 468 g/mol. The third-order valence-corrected chi connectivity index (χ3v) is 7.71. The van der Waals surface area contributed by atoms with Crippen molar-refractivity contribution in [2.45, 2.75) is 56.5 Å². The summed E-state index contributed by atoms with van der Waals surface area (Å²) in [5.41, 5.74) is 7.91. The average molecular weight is 507 g/mol. The summed E-state index contributed by atoms with van der Waals surface area (Å²) in [5.74, 6) is 0.953. The van der Waals surface area contributed by atoms with Crippen LogP contribution in [-0.2, 0) is 0 Å². The van der Waals surface area contributed by atoms with E-state index in [0.717, 1.165) is 31.1 Å². The fourth-order valence-electron chi connectivity index (χ4n) is 5.42. The van der Waals surface area contributed by atoms with E-state index >= 15 is 0 Å². The molecule has 0 spiro atoms. The zero-order valence-electron chi connectivity index (χ0n) is 21.8. The lowest BCUT2D eigenvalue weighted by atomic mass is 9.89. The zero-order chi connectivity index (χ0) is 25.9. The largest absolute Gasteiger partial charge is 0.364 e. The van der Waals surface area contributed by atoms with Crippen LogP contribution in [0.25, 0.3) is 0 Å². The summed E-state index contributed by atoms with van der Waals surface area (Å²) in [6, 6.07) is 9.16. The third-order valence-electron chi connectivity index (χ3n) is 7.71. The van der Waals surface area contributed by atoms with Crippen LogP contribution in [0.5, 0.6) is 0 Å². The Kier molecular flexibility index (Phi) is 7.45. The number of carbonyl (C=O) groups is 2. The molecule has 2 saturated heterocycles. The van der Waals surface area contributed by atoms with Crippen LogP contribution in [0.2, 0.25) is 0 Å². The first-order valence-electron chi connectivity index (χ1n) is 13.4. The second-order valence-electron chi connectivity index (χ2n) is 10.7. The molecule has 2 aromatic rings. The highest BCUT2D eigenvalue weighted by atomic mass is 16.2. The van der Waals surface area contributed by atoms with Crippen LogP contribution in [0.4, 0.5) is 22.1 Å². The predicted molar refractivity (Wildman–Crippen MR) is 144 cm³/mol. The first-order chi connectivity index (χ1) is 17.9. The van der Waals surface area contributed by atoms with E-state index in [1.807, 2.05) is 12.1 Å². The van der Waals surface area contributed by atoms with Gasteiger partial charge in [0.05, 0.1) is 6.20 Å². The van der Waals surface area contributed by atoms with Crippen LogP contribution >= 0.6 is 0 Å². The maximum Gasteiger partial charge on any atom is 0.317 e. The SMILES string of the molecule is CN(C)C(=O)NC1CCCN(c2cnc(C(N)=O)c(Nc3ccc(C4CCN(C5CC5)CC4)cc3)n2)C1. The smallest absolute Gasteiger partial charge is 0.317 e. The van der Waals surface area contributed by atoms with Crippen molar-refractivity contribution in [2.75, 3.05) is 50.5 Å². The number of primary amides is 1. The fourth-order valence-corrected chi connectivity index (χ4v) is 5.42. The van der Waals surface area contributed by atoms with Gasteiger partial charge in [0.1, 0.15) is 5.82 Å². The predicted octanol–water partition coefficient (Wildman–Crippen LogP) is 2.90. The maximum absolute atomic E-state index is 12.1. The van der Waals surface area contributed by atoms with Gasteiger partial charge in [-0.05, 0) is 75.2 Å². The summed E-state index contributed by atoms with van der Waals surface area (Å²) in [4.78, 5) is 39.5. The van der Waals surface area contributed by atoms with Gasteiger partial charge in [0, 0.05) is 45.0 Å². The Balaban J connectivity index is 1.26. The number of hydrogen-bond donors (Lipinski definition) is 3. The monoisotopic (exact) mass is 506 g/mol. The van der Waals surface area contributed by atoms with Gasteiger partial charge in [-0.15, -0.1) is 0 Å². The minimum Gasteiger partial charge on any atom is -0.364 e. The molecule has 37 heavy (non-hydrogen) atoms. The van der Waals surface area contributed by atoms with E-state index in [4.69, 9.17) is 10.7 Å². The minimum absolute atomic E-state index is 0.0152. The Bertz CT molecular complexity index is 1110. The molecule has 0 radical (unpaired) electrons. The molecule has 1 aliphatic carbocycles. The van der Waals surface area contributed by atoms with E-state index in [9.17, 15) is 9.59 Å². The number of nitrogens with two attached hydrogens (primary N) is 1. The molecule has 5 rings (SSSR count). The van der Waals surface area contributed by atoms with Gasteiger partial charge in [-0.2, -0.15) is 0 Å². The van der Waals surface area contributed by atoms with Gasteiger partial charge in [-0.3, -0.25) is 4.79 Å². The zero-order valence-corrected chi connectivity index (χ0v) is 21.8. The number of nitrogens with one attached hydrogen (secondary N) is 2. The summed E-state index contributed by atoms with van der Waals surface area (Å²) in [5, 5.41) is 6.32. The Morgan fingerprint density at radius 2 is 1.76 bits per heavy atom. The molecule has 2 aliphatic heterocycles. The first-order valence-corrected chi connectivity index (χ1v) is 13.4. The summed E-state index contributed by atoms with van der Waals surface area (Å²) < 4.78 is 0. The molecule has 3 aliphatic rings. The number of anilines is 3. The Morgan fingerprint density at radius 3 is 2.41 bits per heavy atom. The molecule has 3 heterocycles. The van der Waals surface area contributed by atoms with Gasteiger partial charge in [0.2, 0.25) is 0 Å². The van der Waals surface area contributed by atoms with E-state index in [1.165, 1.54) is 49.2 Å². The molecule has 10 nitrogen and oxygen atoms in total. The number of rotatable bonds is 7. The number of hydrogen-bond acceptors (Lipinski definition) is 7. The molecule has 1 aromatic heterocycles. The van der Waals surface area contributed by atoms with Crippen LogP contribution < -0.4 is 21.3 Å². The number of nitrogens with zero attached hydrogens (tertiary/aromatic N) is 5. The summed E-state index contributed by atoms with van der Waals surface area (Å²) >= 11 is 0. The van der Waals surface area contributed by atoms with Crippen molar-refractivity contribution < 1.29 is 9.59 Å². The van der Waals surface area contributed by atoms with Crippen molar-refractivity contribution >= 4 is 29.3 Å². The second-order valence-corrected chi connectivity index (χ2v) is 10.7. The molecule has 10 heteroatoms. The molecule has 1 aromatic carbocycles. The summed E-state index contributed by atoms with van der Waals surface area (Å²) in [6.07, 6.45) is 8.55. The van der Waals surface area contributed by atoms with Crippen LogP contribution in [0.3, 0.4) is 0 Å². The quantitative estimate of drug-likeness (QED) is 0.528. The second kappa shape index (κ2) is 10.9. The molecule has 1 unspecified atom stereocenters. The van der Waals surface area contributed by atoms with Crippen molar-refractivity contribution in [3.05, 3.63) is 41.7 Å². The van der Waals surface area contributed by atoms with Crippen LogP contribution in [0.1, 0.15) is 60.5 Å². The van der Waals surface area contributed by atoms with E-state index in [2.05, 4.69) is 37.6 Å². The Labute approximate surface area is 218 Å². The van der Waals surface area contributed by atoms with Gasteiger partial charge < -0.3 is 31.1 Å². The summed E-state index contributed by atoms with van der Waals surface area (Å²) in [6.45, 7) is 3.80. The Morgan fingerprint density at radius 1 is 1.03 bits per heavy atom. The van der Waals surface area contributed by atoms with Crippen molar-refractivity contribution in [3.63, 3.8) is 0 Å². The van der Waals surface area contributed by atoms with Crippen LogP contribution in [0, 0.1) is 0 Å². The standard InChI is InChI=1S/C27H38N8O2/c1-33(2)27(37)31-21-4-3-13-35(17-21)23-16-29-24(25(28)36)26(32-23)30-20-7-5-18(6-8-20)19-11-14-34(15-12-19)22-9-10-22/h5-8,16,19,21-22H,3-4,9-15,17H2,1-2H3,(H2,28,36)(H,30,32)(H,31,37). The molecule has 198 valence electrons. The third kappa shape index (κ3) is 6.12. The number of aromatic nitrogens is 2. The Hall–Kier alpha value is -3.40. The van der Waals surface area contributed by atoms with Gasteiger partial charge in [0.25, 0.3) is 5.91 Å². The molecule has 3 amide bonds. The van der Waals surface area contributed by atoms with Gasteiger partial charge in [0.15, 0.2) is 11.5 Å². The maximum atomic E-state index is 12.1. The number of amides is 3. The lowest BCUT2D eigenvalue weighted by Crippen LogP contribution is -2.50. The highest BCUT2D eigenvalue weighted by Crippen LogP contribution is 2.35. The molecule has 4 N–H and O–H groups in total. The number of carbonyl (C=O) groups excluding carboxylic acids is 2. The van der Waals surface area contributed by atoms with Crippen LogP contribution in [-0.4, -0.2) is 84.1 Å². The molecule has 1 saturated carbocycles. The average Bonchev–Trinajstić information content (AvgIpc) is 3.75. The summed E-state index contributed by atoms with van der Waals surface area (Å²) in [7, 11) is 3.46. The number of urea groups is 1. The lowest BCUT2D eigenvalue weighted by molar-refractivity contribution is 0.0996. The van der Waals surface area contributed by atoms with Crippen LogP contribution in [0.15, 0.2) is 30.5 Å². The molecular formula is C27H38N8O2. The highest BCUT2D eigenvalue weighted by Gasteiger charge is 2.32. The van der Waals surface area contributed by atoms with Crippen molar-refractivity contribution in [1.29, 1.82) is 0 Å². The topological polar surface area (TPSA) is 120 Å². The van der Waals surface area contributed by atoms with Crippen molar-refractivity contribution in [2.24, 2.45) is 5.73 Å². The number of piperidine rings is 2. The van der Waals surface area contributed by atoms with E-state index in [1.54, 1.807) is 20.3 Å². The molecule has 1 atom stereocenters. The van der Waals surface area contributed by atoms with Gasteiger partial charge in [-0.1, -0.05) is 12.1 Å².